The Morgan fingerprint density at radius 3 is 2.47 bits per heavy atom. The van der Waals surface area contributed by atoms with Crippen LogP contribution >= 0.6 is 11.6 Å². The summed E-state index contributed by atoms with van der Waals surface area (Å²) in [5, 5.41) is 13.7. The first-order valence-electron chi connectivity index (χ1n) is 9.22. The van der Waals surface area contributed by atoms with Gasteiger partial charge in [-0.15, -0.1) is 0 Å². The lowest BCUT2D eigenvalue weighted by Crippen LogP contribution is -2.28. The first kappa shape index (κ1) is 21.9. The summed E-state index contributed by atoms with van der Waals surface area (Å²) in [6.45, 7) is 2.35. The predicted molar refractivity (Wildman–Crippen MR) is 111 cm³/mol. The van der Waals surface area contributed by atoms with Crippen LogP contribution in [0.25, 0.3) is 22.5 Å². The van der Waals surface area contributed by atoms with Crippen LogP contribution in [0.15, 0.2) is 48.7 Å². The Morgan fingerprint density at radius 2 is 1.83 bits per heavy atom. The van der Waals surface area contributed by atoms with Gasteiger partial charge in [0.05, 0.1) is 11.1 Å². The Bertz CT molecular complexity index is 1030. The van der Waals surface area contributed by atoms with Crippen LogP contribution in [0.2, 0.25) is 5.02 Å². The van der Waals surface area contributed by atoms with Crippen LogP contribution in [-0.2, 0) is 6.18 Å². The van der Waals surface area contributed by atoms with Gasteiger partial charge in [-0.05, 0) is 42.3 Å². The van der Waals surface area contributed by atoms with Crippen LogP contribution < -0.4 is 11.1 Å². The van der Waals surface area contributed by atoms with Crippen molar-refractivity contribution in [2.75, 3.05) is 11.9 Å². The molecule has 5 nitrogen and oxygen atoms in total. The van der Waals surface area contributed by atoms with Crippen molar-refractivity contribution in [3.05, 3.63) is 59.2 Å². The monoisotopic (exact) mass is 436 g/mol. The summed E-state index contributed by atoms with van der Waals surface area (Å²) < 4.78 is 38.6. The van der Waals surface area contributed by atoms with E-state index in [9.17, 15) is 18.3 Å². The highest BCUT2D eigenvalue weighted by atomic mass is 35.5. The van der Waals surface area contributed by atoms with Gasteiger partial charge in [-0.25, -0.2) is 9.97 Å². The van der Waals surface area contributed by atoms with Gasteiger partial charge in [-0.3, -0.25) is 0 Å². The van der Waals surface area contributed by atoms with Crippen molar-refractivity contribution < 1.29 is 18.3 Å². The van der Waals surface area contributed by atoms with Gasteiger partial charge in [-0.1, -0.05) is 30.7 Å². The number of aromatic hydroxyl groups is 1. The molecule has 0 amide bonds. The number of hydrogen-bond donors (Lipinski definition) is 3. The van der Waals surface area contributed by atoms with Crippen molar-refractivity contribution in [3.8, 4) is 28.3 Å². The number of rotatable bonds is 6. The minimum atomic E-state index is -4.42. The molecule has 0 saturated heterocycles. The van der Waals surface area contributed by atoms with Crippen LogP contribution in [0.3, 0.4) is 0 Å². The molecule has 0 spiro atoms. The molecule has 0 bridgehead atoms. The number of phenols is 1. The van der Waals surface area contributed by atoms with Gasteiger partial charge in [0.1, 0.15) is 11.6 Å². The molecule has 3 rings (SSSR count). The SMILES string of the molecule is CCC(N)CNc1nc(-c2cc(Cl)ccc2O)ncc1-c1ccc(C(F)(F)F)cc1. The third-order valence-electron chi connectivity index (χ3n) is 4.57. The van der Waals surface area contributed by atoms with E-state index in [1.807, 2.05) is 6.92 Å². The van der Waals surface area contributed by atoms with E-state index in [0.717, 1.165) is 18.6 Å². The normalized spacial score (nSPS) is 12.6. The second-order valence-corrected chi connectivity index (χ2v) is 7.18. The number of alkyl halides is 3. The van der Waals surface area contributed by atoms with E-state index in [4.69, 9.17) is 17.3 Å². The Balaban J connectivity index is 2.04. The molecule has 0 aliphatic carbocycles. The summed E-state index contributed by atoms with van der Waals surface area (Å²) in [6, 6.07) is 9.11. The lowest BCUT2D eigenvalue weighted by molar-refractivity contribution is -0.137. The van der Waals surface area contributed by atoms with Gasteiger partial charge in [0.15, 0.2) is 5.82 Å². The average molecular weight is 437 g/mol. The number of phenolic OH excluding ortho intramolecular Hbond substituents is 1. The highest BCUT2D eigenvalue weighted by Crippen LogP contribution is 2.35. The third kappa shape index (κ3) is 5.01. The van der Waals surface area contributed by atoms with E-state index in [-0.39, 0.29) is 17.6 Å². The van der Waals surface area contributed by atoms with E-state index in [1.54, 1.807) is 0 Å². The first-order chi connectivity index (χ1) is 14.2. The molecule has 1 atom stereocenters. The van der Waals surface area contributed by atoms with E-state index < -0.39 is 11.7 Å². The molecule has 30 heavy (non-hydrogen) atoms. The molecule has 4 N–H and O–H groups in total. The maximum atomic E-state index is 12.9. The van der Waals surface area contributed by atoms with Crippen molar-refractivity contribution in [1.29, 1.82) is 0 Å². The summed E-state index contributed by atoms with van der Waals surface area (Å²) in [7, 11) is 0. The van der Waals surface area contributed by atoms with Gasteiger partial charge in [-0.2, -0.15) is 13.2 Å². The fourth-order valence-electron chi connectivity index (χ4n) is 2.76. The minimum Gasteiger partial charge on any atom is -0.507 e. The smallest absolute Gasteiger partial charge is 0.416 e. The van der Waals surface area contributed by atoms with Crippen LogP contribution in [0.4, 0.5) is 19.0 Å². The highest BCUT2D eigenvalue weighted by molar-refractivity contribution is 6.30. The number of aromatic nitrogens is 2. The number of anilines is 1. The van der Waals surface area contributed by atoms with Gasteiger partial charge < -0.3 is 16.2 Å². The summed E-state index contributed by atoms with van der Waals surface area (Å²) in [5.41, 5.74) is 6.60. The standard InChI is InChI=1S/C21H20ClF3N4O/c1-2-15(26)10-27-20-17(12-3-5-13(6-4-12)21(23,24)25)11-28-19(29-20)16-9-14(22)7-8-18(16)30/h3-9,11,15,30H,2,10,26H2,1H3,(H,27,28,29). The summed E-state index contributed by atoms with van der Waals surface area (Å²) in [6.07, 6.45) is -2.20. The zero-order valence-electron chi connectivity index (χ0n) is 16.0. The molecule has 1 unspecified atom stereocenters. The van der Waals surface area contributed by atoms with Crippen LogP contribution in [0.5, 0.6) is 5.75 Å². The van der Waals surface area contributed by atoms with Gasteiger partial charge >= 0.3 is 6.18 Å². The molecule has 0 aliphatic heterocycles. The number of nitrogens with two attached hydrogens (primary N) is 1. The Hall–Kier alpha value is -2.84. The summed E-state index contributed by atoms with van der Waals surface area (Å²) >= 11 is 6.02. The fourth-order valence-corrected chi connectivity index (χ4v) is 2.93. The summed E-state index contributed by atoms with van der Waals surface area (Å²) in [5.74, 6) is 0.569. The van der Waals surface area contributed by atoms with E-state index in [1.165, 1.54) is 36.5 Å². The van der Waals surface area contributed by atoms with Gasteiger partial charge in [0.25, 0.3) is 0 Å². The maximum Gasteiger partial charge on any atom is 0.416 e. The molecule has 1 aromatic heterocycles. The second kappa shape index (κ2) is 8.89. The van der Waals surface area contributed by atoms with E-state index in [2.05, 4.69) is 15.3 Å². The summed E-state index contributed by atoms with van der Waals surface area (Å²) in [4.78, 5) is 8.76. The Labute approximate surface area is 176 Å². The van der Waals surface area contributed by atoms with Crippen molar-refractivity contribution in [2.45, 2.75) is 25.6 Å². The molecule has 0 radical (unpaired) electrons. The third-order valence-corrected chi connectivity index (χ3v) is 4.80. The zero-order chi connectivity index (χ0) is 21.9. The predicted octanol–water partition coefficient (Wildman–Crippen LogP) is 5.34. The molecule has 2 aromatic carbocycles. The lowest BCUT2D eigenvalue weighted by Gasteiger charge is -2.16. The lowest BCUT2D eigenvalue weighted by atomic mass is 10.0. The van der Waals surface area contributed by atoms with Crippen molar-refractivity contribution in [1.82, 2.24) is 9.97 Å². The van der Waals surface area contributed by atoms with Gasteiger partial charge in [0.2, 0.25) is 0 Å². The van der Waals surface area contributed by atoms with Crippen molar-refractivity contribution in [2.24, 2.45) is 5.73 Å². The maximum absolute atomic E-state index is 12.9. The first-order valence-corrected chi connectivity index (χ1v) is 9.60. The van der Waals surface area contributed by atoms with Crippen molar-refractivity contribution >= 4 is 17.4 Å². The number of halogens is 4. The van der Waals surface area contributed by atoms with Crippen molar-refractivity contribution in [3.63, 3.8) is 0 Å². The number of nitrogens with one attached hydrogen (secondary N) is 1. The Kier molecular flexibility index (Phi) is 6.48. The second-order valence-electron chi connectivity index (χ2n) is 6.74. The van der Waals surface area contributed by atoms with E-state index >= 15 is 0 Å². The molecular formula is C21H20ClF3N4O. The molecule has 158 valence electrons. The number of benzene rings is 2. The fraction of sp³-hybridized carbons (Fsp3) is 0.238. The Morgan fingerprint density at radius 1 is 1.13 bits per heavy atom. The molecule has 0 saturated carbocycles. The minimum absolute atomic E-state index is 0.0436. The molecule has 0 fully saturated rings. The molecule has 9 heteroatoms. The topological polar surface area (TPSA) is 84.1 Å². The van der Waals surface area contributed by atoms with Crippen LogP contribution in [0, 0.1) is 0 Å². The van der Waals surface area contributed by atoms with E-state index in [0.29, 0.717) is 34.1 Å². The van der Waals surface area contributed by atoms with Crippen LogP contribution in [0.1, 0.15) is 18.9 Å². The largest absolute Gasteiger partial charge is 0.507 e. The zero-order valence-corrected chi connectivity index (χ0v) is 16.8. The highest BCUT2D eigenvalue weighted by Gasteiger charge is 2.30. The number of hydrogen-bond acceptors (Lipinski definition) is 5. The average Bonchev–Trinajstić information content (AvgIpc) is 2.73. The molecular weight excluding hydrogens is 417 g/mol. The number of nitrogens with zero attached hydrogens (tertiary/aromatic N) is 2. The van der Waals surface area contributed by atoms with Gasteiger partial charge in [0, 0.05) is 29.4 Å². The quantitative estimate of drug-likeness (QED) is 0.486. The molecule has 3 aromatic rings. The molecule has 0 aliphatic rings. The van der Waals surface area contributed by atoms with Crippen LogP contribution in [-0.4, -0.2) is 27.7 Å². The molecule has 1 heterocycles.